The van der Waals surface area contributed by atoms with Crippen molar-refractivity contribution in [1.29, 1.82) is 0 Å². The average molecular weight is 366 g/mol. The van der Waals surface area contributed by atoms with Gasteiger partial charge in [0.1, 0.15) is 0 Å². The Morgan fingerprint density at radius 1 is 1.10 bits per heavy atom. The molecule has 0 aliphatic heterocycles. The van der Waals surface area contributed by atoms with Crippen LogP contribution in [0.4, 0.5) is 11.4 Å². The Morgan fingerprint density at radius 3 is 2.67 bits per heavy atom. The summed E-state index contributed by atoms with van der Waals surface area (Å²) in [5.41, 5.74) is 14.2. The first-order valence-corrected chi connectivity index (χ1v) is 7.12. The number of halogens is 2. The molecule has 21 heavy (non-hydrogen) atoms. The summed E-state index contributed by atoms with van der Waals surface area (Å²) in [7, 11) is 0. The number of nitrogens with zero attached hydrogens (tertiary/aromatic N) is 4. The van der Waals surface area contributed by atoms with Gasteiger partial charge in [-0.05, 0) is 62.8 Å². The molecule has 8 heteroatoms. The lowest BCUT2D eigenvalue weighted by atomic mass is 10.1. The van der Waals surface area contributed by atoms with E-state index in [4.69, 9.17) is 23.1 Å². The Morgan fingerprint density at radius 2 is 1.90 bits per heavy atom. The van der Waals surface area contributed by atoms with E-state index in [9.17, 15) is 0 Å². The zero-order valence-electron chi connectivity index (χ0n) is 10.7. The van der Waals surface area contributed by atoms with Crippen LogP contribution in [-0.4, -0.2) is 20.2 Å². The molecule has 4 N–H and O–H groups in total. The summed E-state index contributed by atoms with van der Waals surface area (Å²) in [6, 6.07) is 10.6. The molecular formula is C13H10BrClN6. The maximum Gasteiger partial charge on any atom is 0.189 e. The molecule has 0 spiro atoms. The molecule has 6 nitrogen and oxygen atoms in total. The lowest BCUT2D eigenvalue weighted by molar-refractivity contribution is 0.789. The highest BCUT2D eigenvalue weighted by molar-refractivity contribution is 9.10. The SMILES string of the molecule is Nc1ccc(-c2nnnn2-c2cc(Cl)ccc2Br)c(N)c1. The molecule has 0 bridgehead atoms. The number of hydrogen-bond acceptors (Lipinski definition) is 5. The molecule has 3 aromatic rings. The number of hydrogen-bond donors (Lipinski definition) is 2. The van der Waals surface area contributed by atoms with Gasteiger partial charge < -0.3 is 11.5 Å². The van der Waals surface area contributed by atoms with Crippen LogP contribution in [0.15, 0.2) is 40.9 Å². The van der Waals surface area contributed by atoms with Crippen LogP contribution in [0.3, 0.4) is 0 Å². The maximum atomic E-state index is 6.04. The summed E-state index contributed by atoms with van der Waals surface area (Å²) in [5.74, 6) is 0.510. The second kappa shape index (κ2) is 5.34. The predicted octanol–water partition coefficient (Wildman–Crippen LogP) is 2.91. The van der Waals surface area contributed by atoms with Crippen molar-refractivity contribution in [3.8, 4) is 17.1 Å². The average Bonchev–Trinajstić information content (AvgIpc) is 2.90. The van der Waals surface area contributed by atoms with Crippen LogP contribution in [0, 0.1) is 0 Å². The molecule has 0 radical (unpaired) electrons. The zero-order valence-corrected chi connectivity index (χ0v) is 13.0. The van der Waals surface area contributed by atoms with Crippen LogP contribution >= 0.6 is 27.5 Å². The minimum Gasteiger partial charge on any atom is -0.399 e. The van der Waals surface area contributed by atoms with Crippen LogP contribution in [-0.2, 0) is 0 Å². The van der Waals surface area contributed by atoms with Gasteiger partial charge in [0.15, 0.2) is 5.82 Å². The molecule has 0 atom stereocenters. The highest BCUT2D eigenvalue weighted by Crippen LogP contribution is 2.30. The maximum absolute atomic E-state index is 6.04. The molecule has 0 amide bonds. The molecule has 3 rings (SSSR count). The topological polar surface area (TPSA) is 95.6 Å². The van der Waals surface area contributed by atoms with Crippen molar-refractivity contribution in [3.63, 3.8) is 0 Å². The van der Waals surface area contributed by atoms with Gasteiger partial charge in [-0.15, -0.1) is 5.10 Å². The third-order valence-corrected chi connectivity index (χ3v) is 3.83. The van der Waals surface area contributed by atoms with Gasteiger partial charge in [-0.1, -0.05) is 11.6 Å². The third-order valence-electron chi connectivity index (χ3n) is 2.92. The first kappa shape index (κ1) is 13.8. The van der Waals surface area contributed by atoms with Crippen molar-refractivity contribution < 1.29 is 0 Å². The first-order chi connectivity index (χ1) is 10.1. The van der Waals surface area contributed by atoms with Crippen molar-refractivity contribution >= 4 is 38.9 Å². The fraction of sp³-hybridized carbons (Fsp3) is 0. The van der Waals surface area contributed by atoms with Gasteiger partial charge in [-0.2, -0.15) is 4.68 Å². The standard InChI is InChI=1S/C13H10BrClN6/c14-10-4-1-7(15)5-12(10)21-13(18-19-20-21)9-3-2-8(16)6-11(9)17/h1-6H,16-17H2. The van der Waals surface area contributed by atoms with Crippen LogP contribution < -0.4 is 11.5 Å². The normalized spacial score (nSPS) is 10.8. The number of anilines is 2. The van der Waals surface area contributed by atoms with Gasteiger partial charge in [-0.25, -0.2) is 0 Å². The molecule has 1 heterocycles. The van der Waals surface area contributed by atoms with E-state index < -0.39 is 0 Å². The van der Waals surface area contributed by atoms with Gasteiger partial charge in [-0.3, -0.25) is 0 Å². The summed E-state index contributed by atoms with van der Waals surface area (Å²) in [6.45, 7) is 0. The monoisotopic (exact) mass is 364 g/mol. The van der Waals surface area contributed by atoms with Gasteiger partial charge >= 0.3 is 0 Å². The quantitative estimate of drug-likeness (QED) is 0.681. The second-order valence-corrected chi connectivity index (χ2v) is 5.65. The van der Waals surface area contributed by atoms with Crippen LogP contribution in [0.25, 0.3) is 17.1 Å². The Balaban J connectivity index is 2.19. The molecular weight excluding hydrogens is 356 g/mol. The summed E-state index contributed by atoms with van der Waals surface area (Å²) >= 11 is 9.50. The highest BCUT2D eigenvalue weighted by atomic mass is 79.9. The Bertz CT molecular complexity index is 816. The molecule has 0 saturated heterocycles. The van der Waals surface area contributed by atoms with Crippen molar-refractivity contribution in [1.82, 2.24) is 20.2 Å². The zero-order chi connectivity index (χ0) is 15.0. The molecule has 0 aliphatic rings. The first-order valence-electron chi connectivity index (χ1n) is 5.95. The largest absolute Gasteiger partial charge is 0.399 e. The van der Waals surface area contributed by atoms with E-state index in [2.05, 4.69) is 31.5 Å². The van der Waals surface area contributed by atoms with E-state index in [0.29, 0.717) is 27.8 Å². The van der Waals surface area contributed by atoms with Gasteiger partial charge in [0.05, 0.1) is 5.69 Å². The van der Waals surface area contributed by atoms with E-state index in [1.165, 1.54) is 0 Å². The van der Waals surface area contributed by atoms with Crippen LogP contribution in [0.1, 0.15) is 0 Å². The molecule has 0 saturated carbocycles. The molecule has 0 fully saturated rings. The van der Waals surface area contributed by atoms with Gasteiger partial charge in [0.2, 0.25) is 0 Å². The third kappa shape index (κ3) is 2.57. The van der Waals surface area contributed by atoms with Crippen LogP contribution in [0.2, 0.25) is 5.02 Å². The lowest BCUT2D eigenvalue weighted by Gasteiger charge is -2.09. The molecule has 1 aromatic heterocycles. The number of benzene rings is 2. The summed E-state index contributed by atoms with van der Waals surface area (Å²) < 4.78 is 2.38. The second-order valence-electron chi connectivity index (χ2n) is 4.36. The van der Waals surface area contributed by atoms with Crippen molar-refractivity contribution in [2.45, 2.75) is 0 Å². The van der Waals surface area contributed by atoms with Crippen molar-refractivity contribution in [2.75, 3.05) is 11.5 Å². The Kier molecular flexibility index (Phi) is 3.52. The fourth-order valence-corrected chi connectivity index (χ4v) is 2.53. The predicted molar refractivity (Wildman–Crippen MR) is 86.1 cm³/mol. The fourth-order valence-electron chi connectivity index (χ4n) is 1.95. The van der Waals surface area contributed by atoms with E-state index >= 15 is 0 Å². The van der Waals surface area contributed by atoms with Crippen LogP contribution in [0.5, 0.6) is 0 Å². The smallest absolute Gasteiger partial charge is 0.189 e. The van der Waals surface area contributed by atoms with E-state index in [1.807, 2.05) is 6.07 Å². The lowest BCUT2D eigenvalue weighted by Crippen LogP contribution is -2.03. The minimum atomic E-state index is 0.504. The molecule has 0 unspecified atom stereocenters. The Hall–Kier alpha value is -2.12. The molecule has 0 aliphatic carbocycles. The molecule has 106 valence electrons. The van der Waals surface area contributed by atoms with Gasteiger partial charge in [0.25, 0.3) is 0 Å². The van der Waals surface area contributed by atoms with E-state index in [0.717, 1.165) is 10.2 Å². The summed E-state index contributed by atoms with van der Waals surface area (Å²) in [6.07, 6.45) is 0. The van der Waals surface area contributed by atoms with Crippen molar-refractivity contribution in [3.05, 3.63) is 45.9 Å². The van der Waals surface area contributed by atoms with Gasteiger partial charge in [0, 0.05) is 26.4 Å². The Labute approximate surface area is 133 Å². The minimum absolute atomic E-state index is 0.504. The number of rotatable bonds is 2. The number of aromatic nitrogens is 4. The summed E-state index contributed by atoms with van der Waals surface area (Å²) in [5, 5.41) is 12.4. The summed E-state index contributed by atoms with van der Waals surface area (Å²) in [4.78, 5) is 0. The van der Waals surface area contributed by atoms with E-state index in [-0.39, 0.29) is 0 Å². The highest BCUT2D eigenvalue weighted by Gasteiger charge is 2.15. The van der Waals surface area contributed by atoms with Crippen molar-refractivity contribution in [2.24, 2.45) is 0 Å². The molecule has 2 aromatic carbocycles. The number of tetrazole rings is 1. The number of nitrogens with two attached hydrogens (primary N) is 2. The van der Waals surface area contributed by atoms with E-state index in [1.54, 1.807) is 35.0 Å². The number of nitrogen functional groups attached to an aromatic ring is 2.